The number of hydrogen-bond acceptors (Lipinski definition) is 4. The van der Waals surface area contributed by atoms with Crippen molar-refractivity contribution in [2.75, 3.05) is 18.5 Å². The molecule has 0 aromatic heterocycles. The van der Waals surface area contributed by atoms with Gasteiger partial charge in [-0.2, -0.15) is 0 Å². The van der Waals surface area contributed by atoms with Crippen molar-refractivity contribution in [3.05, 3.63) is 83.7 Å². The quantitative estimate of drug-likeness (QED) is 0.568. The lowest BCUT2D eigenvalue weighted by atomic mass is 10.2. The predicted molar refractivity (Wildman–Crippen MR) is 110 cm³/mol. The Kier molecular flexibility index (Phi) is 6.08. The molecule has 0 aliphatic heterocycles. The molecule has 0 spiro atoms. The Hall–Kier alpha value is -3.06. The lowest BCUT2D eigenvalue weighted by molar-refractivity contribution is 0.355. The van der Waals surface area contributed by atoms with Crippen LogP contribution in [-0.4, -0.2) is 22.6 Å². The Morgan fingerprint density at radius 2 is 1.59 bits per heavy atom. The van der Waals surface area contributed by atoms with Crippen LogP contribution in [-0.2, 0) is 16.6 Å². The molecule has 0 aliphatic rings. The molecule has 0 amide bonds. The third-order valence-electron chi connectivity index (χ3n) is 4.48. The van der Waals surface area contributed by atoms with Gasteiger partial charge in [0.1, 0.15) is 5.82 Å². The molecule has 3 rings (SSSR count). The molecule has 0 unspecified atom stereocenters. The largest absolute Gasteiger partial charge is 0.493 e. The van der Waals surface area contributed by atoms with Crippen LogP contribution < -0.4 is 13.8 Å². The highest BCUT2D eigenvalue weighted by atomic mass is 32.2. The summed E-state index contributed by atoms with van der Waals surface area (Å²) in [5.74, 6) is 0.450. The SMILES string of the molecule is COc1ccc(N(Cc2cccc(F)c2)S(=O)(=O)c2ccc(C)cc2)cc1OC. The highest BCUT2D eigenvalue weighted by molar-refractivity contribution is 7.92. The molecule has 0 fully saturated rings. The molecule has 0 saturated heterocycles. The summed E-state index contributed by atoms with van der Waals surface area (Å²) in [6, 6.07) is 17.3. The van der Waals surface area contributed by atoms with Gasteiger partial charge in [0.15, 0.2) is 11.5 Å². The number of nitrogens with zero attached hydrogens (tertiary/aromatic N) is 1. The summed E-state index contributed by atoms with van der Waals surface area (Å²) >= 11 is 0. The first kappa shape index (κ1) is 20.7. The number of aryl methyl sites for hydroxylation is 1. The minimum Gasteiger partial charge on any atom is -0.493 e. The molecule has 0 saturated carbocycles. The monoisotopic (exact) mass is 415 g/mol. The molecule has 7 heteroatoms. The van der Waals surface area contributed by atoms with E-state index in [-0.39, 0.29) is 11.4 Å². The summed E-state index contributed by atoms with van der Waals surface area (Å²) in [6.07, 6.45) is 0. The average Bonchev–Trinajstić information content (AvgIpc) is 2.71. The van der Waals surface area contributed by atoms with Crippen LogP contribution in [0.15, 0.2) is 71.6 Å². The van der Waals surface area contributed by atoms with Crippen LogP contribution in [0.25, 0.3) is 0 Å². The van der Waals surface area contributed by atoms with E-state index in [1.165, 1.54) is 30.7 Å². The lowest BCUT2D eigenvalue weighted by Gasteiger charge is -2.25. The minimum atomic E-state index is -3.91. The number of ether oxygens (including phenoxy) is 2. The highest BCUT2D eigenvalue weighted by Gasteiger charge is 2.26. The summed E-state index contributed by atoms with van der Waals surface area (Å²) in [5.41, 5.74) is 1.86. The second-order valence-corrected chi connectivity index (χ2v) is 8.36. The highest BCUT2D eigenvalue weighted by Crippen LogP contribution is 2.34. The first-order valence-corrected chi connectivity index (χ1v) is 10.3. The third-order valence-corrected chi connectivity index (χ3v) is 6.27. The second-order valence-electron chi connectivity index (χ2n) is 6.49. The van der Waals surface area contributed by atoms with Gasteiger partial charge in [-0.3, -0.25) is 4.31 Å². The van der Waals surface area contributed by atoms with Crippen molar-refractivity contribution in [3.63, 3.8) is 0 Å². The van der Waals surface area contributed by atoms with E-state index >= 15 is 0 Å². The van der Waals surface area contributed by atoms with Gasteiger partial charge in [0.25, 0.3) is 10.0 Å². The fourth-order valence-electron chi connectivity index (χ4n) is 2.93. The number of hydrogen-bond donors (Lipinski definition) is 0. The van der Waals surface area contributed by atoms with Gasteiger partial charge >= 0.3 is 0 Å². The molecule has 152 valence electrons. The van der Waals surface area contributed by atoms with E-state index in [9.17, 15) is 12.8 Å². The minimum absolute atomic E-state index is 0.0382. The molecule has 3 aromatic rings. The van der Waals surface area contributed by atoms with E-state index in [0.29, 0.717) is 22.7 Å². The van der Waals surface area contributed by atoms with Gasteiger partial charge in [-0.1, -0.05) is 29.8 Å². The molecule has 5 nitrogen and oxygen atoms in total. The molecule has 0 bridgehead atoms. The number of rotatable bonds is 7. The summed E-state index contributed by atoms with van der Waals surface area (Å²) in [5, 5.41) is 0. The van der Waals surface area contributed by atoms with Crippen molar-refractivity contribution in [3.8, 4) is 11.5 Å². The number of methoxy groups -OCH3 is 2. The van der Waals surface area contributed by atoms with Gasteiger partial charge in [0.05, 0.1) is 31.3 Å². The zero-order valence-electron chi connectivity index (χ0n) is 16.4. The Labute approximate surface area is 170 Å². The maximum absolute atomic E-state index is 13.7. The van der Waals surface area contributed by atoms with Gasteiger partial charge in [-0.25, -0.2) is 12.8 Å². The van der Waals surface area contributed by atoms with Crippen molar-refractivity contribution in [2.24, 2.45) is 0 Å². The molecule has 0 radical (unpaired) electrons. The molecular weight excluding hydrogens is 393 g/mol. The van der Waals surface area contributed by atoms with E-state index in [1.807, 2.05) is 6.92 Å². The topological polar surface area (TPSA) is 55.8 Å². The molecule has 0 aliphatic carbocycles. The summed E-state index contributed by atoms with van der Waals surface area (Å²) in [6.45, 7) is 1.85. The smallest absolute Gasteiger partial charge is 0.264 e. The molecule has 29 heavy (non-hydrogen) atoms. The molecule has 0 heterocycles. The maximum atomic E-state index is 13.7. The Bertz CT molecular complexity index is 1100. The van der Waals surface area contributed by atoms with Crippen LogP contribution >= 0.6 is 0 Å². The Balaban J connectivity index is 2.12. The van der Waals surface area contributed by atoms with Crippen LogP contribution in [0.4, 0.5) is 10.1 Å². The molecule has 0 atom stereocenters. The Morgan fingerprint density at radius 3 is 2.21 bits per heavy atom. The average molecular weight is 415 g/mol. The van der Waals surface area contributed by atoms with Crippen molar-refractivity contribution in [2.45, 2.75) is 18.4 Å². The van der Waals surface area contributed by atoms with Crippen LogP contribution in [0.1, 0.15) is 11.1 Å². The normalized spacial score (nSPS) is 11.2. The zero-order valence-corrected chi connectivity index (χ0v) is 17.2. The van der Waals surface area contributed by atoms with Crippen molar-refractivity contribution in [1.29, 1.82) is 0 Å². The third kappa shape index (κ3) is 4.51. The molecule has 0 N–H and O–H groups in total. The molecule has 3 aromatic carbocycles. The van der Waals surface area contributed by atoms with E-state index < -0.39 is 15.8 Å². The van der Waals surface area contributed by atoms with Crippen LogP contribution in [0.2, 0.25) is 0 Å². The van der Waals surface area contributed by atoms with E-state index in [0.717, 1.165) is 5.56 Å². The zero-order chi connectivity index (χ0) is 21.0. The predicted octanol–water partition coefficient (Wildman–Crippen LogP) is 4.55. The van der Waals surface area contributed by atoms with Crippen molar-refractivity contribution >= 4 is 15.7 Å². The standard InChI is InChI=1S/C22H22FNO4S/c1-16-7-10-20(11-8-16)29(25,26)24(15-17-5-4-6-18(23)13-17)19-9-12-21(27-2)22(14-19)28-3/h4-14H,15H2,1-3H3. The maximum Gasteiger partial charge on any atom is 0.264 e. The van der Waals surface area contributed by atoms with Gasteiger partial charge in [-0.05, 0) is 48.9 Å². The fraction of sp³-hybridized carbons (Fsp3) is 0.182. The van der Waals surface area contributed by atoms with Gasteiger partial charge in [-0.15, -0.1) is 0 Å². The molecular formula is C22H22FNO4S. The Morgan fingerprint density at radius 1 is 0.897 bits per heavy atom. The van der Waals surface area contributed by atoms with E-state index in [1.54, 1.807) is 54.6 Å². The second kappa shape index (κ2) is 8.53. The van der Waals surface area contributed by atoms with Gasteiger partial charge in [0.2, 0.25) is 0 Å². The number of anilines is 1. The van der Waals surface area contributed by atoms with Crippen molar-refractivity contribution in [1.82, 2.24) is 0 Å². The number of halogens is 1. The van der Waals surface area contributed by atoms with Crippen LogP contribution in [0.3, 0.4) is 0 Å². The summed E-state index contributed by atoms with van der Waals surface area (Å²) < 4.78 is 52.4. The van der Waals surface area contributed by atoms with E-state index in [4.69, 9.17) is 9.47 Å². The summed E-state index contributed by atoms with van der Waals surface area (Å²) in [4.78, 5) is 0.147. The van der Waals surface area contributed by atoms with E-state index in [2.05, 4.69) is 0 Å². The summed E-state index contributed by atoms with van der Waals surface area (Å²) in [7, 11) is -0.928. The first-order chi connectivity index (χ1) is 13.8. The number of sulfonamides is 1. The van der Waals surface area contributed by atoms with Crippen molar-refractivity contribution < 1.29 is 22.3 Å². The van der Waals surface area contributed by atoms with Gasteiger partial charge < -0.3 is 9.47 Å². The number of benzene rings is 3. The van der Waals surface area contributed by atoms with Crippen LogP contribution in [0.5, 0.6) is 11.5 Å². The van der Waals surface area contributed by atoms with Gasteiger partial charge in [0, 0.05) is 6.07 Å². The lowest BCUT2D eigenvalue weighted by Crippen LogP contribution is -2.30. The first-order valence-electron chi connectivity index (χ1n) is 8.91. The van der Waals surface area contributed by atoms with Crippen LogP contribution in [0, 0.1) is 12.7 Å². The fourth-order valence-corrected chi connectivity index (χ4v) is 4.38.